The first-order valence-corrected chi connectivity index (χ1v) is 14.4. The Bertz CT molecular complexity index is 1150. The zero-order chi connectivity index (χ0) is 30.6. The van der Waals surface area contributed by atoms with Crippen molar-refractivity contribution >= 4 is 29.7 Å². The van der Waals surface area contributed by atoms with Crippen LogP contribution in [0.25, 0.3) is 6.08 Å². The van der Waals surface area contributed by atoms with Crippen LogP contribution < -0.4 is 15.4 Å². The third kappa shape index (κ3) is 10.6. The zero-order valence-electron chi connectivity index (χ0n) is 25.7. The molecular formula is C33H47N3O5. The lowest BCUT2D eigenvalue weighted by Crippen LogP contribution is -2.54. The van der Waals surface area contributed by atoms with Crippen molar-refractivity contribution in [3.8, 4) is 5.75 Å². The van der Waals surface area contributed by atoms with Gasteiger partial charge in [-0.3, -0.25) is 9.59 Å². The Morgan fingerprint density at radius 2 is 1.71 bits per heavy atom. The standard InChI is InChI=1S/C33H47N3O5/c1-9-11-12-13-21-36(31(38)28(23(3)4)35-32(39)41-33(5,6)7)29(25-16-14-15-24(10-2)22-25)30(37)34-26-17-19-27(40-8)20-18-26/h10,14-20,22-23,28-29H,2,9,11-13,21H2,1,3-8H3,(H,34,37)(H,35,39). The van der Waals surface area contributed by atoms with Gasteiger partial charge in [0.15, 0.2) is 0 Å². The first kappa shape index (κ1) is 33.4. The molecule has 2 atom stereocenters. The van der Waals surface area contributed by atoms with E-state index in [0.29, 0.717) is 30.0 Å². The fourth-order valence-corrected chi connectivity index (χ4v) is 4.42. The maximum absolute atomic E-state index is 14.3. The molecule has 0 bridgehead atoms. The van der Waals surface area contributed by atoms with Crippen LogP contribution >= 0.6 is 0 Å². The van der Waals surface area contributed by atoms with Crippen molar-refractivity contribution < 1.29 is 23.9 Å². The first-order chi connectivity index (χ1) is 19.4. The Morgan fingerprint density at radius 3 is 2.27 bits per heavy atom. The number of amides is 3. The molecule has 0 heterocycles. The highest BCUT2D eigenvalue weighted by Gasteiger charge is 2.37. The van der Waals surface area contributed by atoms with Crippen LogP contribution in [0.15, 0.2) is 55.1 Å². The largest absolute Gasteiger partial charge is 0.497 e. The summed E-state index contributed by atoms with van der Waals surface area (Å²) >= 11 is 0. The molecule has 0 saturated carbocycles. The summed E-state index contributed by atoms with van der Waals surface area (Å²) in [6, 6.07) is 12.6. The molecule has 0 radical (unpaired) electrons. The number of ether oxygens (including phenoxy) is 2. The molecule has 2 aromatic carbocycles. The van der Waals surface area contributed by atoms with Gasteiger partial charge >= 0.3 is 6.09 Å². The Morgan fingerprint density at radius 1 is 1.02 bits per heavy atom. The van der Waals surface area contributed by atoms with E-state index >= 15 is 0 Å². The van der Waals surface area contributed by atoms with Gasteiger partial charge in [0.2, 0.25) is 5.91 Å². The van der Waals surface area contributed by atoms with Gasteiger partial charge in [-0.1, -0.05) is 70.9 Å². The van der Waals surface area contributed by atoms with Crippen LogP contribution in [0.2, 0.25) is 0 Å². The fraction of sp³-hybridized carbons (Fsp3) is 0.485. The van der Waals surface area contributed by atoms with Gasteiger partial charge in [0.05, 0.1) is 7.11 Å². The highest BCUT2D eigenvalue weighted by molar-refractivity contribution is 5.99. The molecule has 0 aromatic heterocycles. The molecule has 2 N–H and O–H groups in total. The van der Waals surface area contributed by atoms with Gasteiger partial charge < -0.3 is 25.0 Å². The predicted octanol–water partition coefficient (Wildman–Crippen LogP) is 6.98. The summed E-state index contributed by atoms with van der Waals surface area (Å²) in [6.07, 6.45) is 4.70. The van der Waals surface area contributed by atoms with Crippen molar-refractivity contribution in [3.05, 3.63) is 66.2 Å². The number of carbonyl (C=O) groups excluding carboxylic acids is 3. The lowest BCUT2D eigenvalue weighted by molar-refractivity contribution is -0.141. The first-order valence-electron chi connectivity index (χ1n) is 14.4. The van der Waals surface area contributed by atoms with E-state index < -0.39 is 23.8 Å². The van der Waals surface area contributed by atoms with Crippen LogP contribution in [-0.4, -0.2) is 48.1 Å². The third-order valence-electron chi connectivity index (χ3n) is 6.52. The van der Waals surface area contributed by atoms with Gasteiger partial charge in [-0.15, -0.1) is 0 Å². The smallest absolute Gasteiger partial charge is 0.408 e. The van der Waals surface area contributed by atoms with E-state index in [1.807, 2.05) is 38.1 Å². The van der Waals surface area contributed by atoms with Crippen molar-refractivity contribution in [2.45, 2.75) is 84.9 Å². The van der Waals surface area contributed by atoms with Crippen LogP contribution in [0, 0.1) is 5.92 Å². The van der Waals surface area contributed by atoms with Crippen LogP contribution in [0.5, 0.6) is 5.75 Å². The number of rotatable bonds is 14. The molecule has 224 valence electrons. The predicted molar refractivity (Wildman–Crippen MR) is 165 cm³/mol. The number of benzene rings is 2. The number of nitrogens with zero attached hydrogens (tertiary/aromatic N) is 1. The lowest BCUT2D eigenvalue weighted by atomic mass is 9.97. The topological polar surface area (TPSA) is 97.0 Å². The number of hydrogen-bond acceptors (Lipinski definition) is 5. The molecule has 0 saturated heterocycles. The van der Waals surface area contributed by atoms with Crippen LogP contribution in [0.3, 0.4) is 0 Å². The second-order valence-electron chi connectivity index (χ2n) is 11.5. The highest BCUT2D eigenvalue weighted by atomic mass is 16.6. The van der Waals surface area contributed by atoms with Gasteiger partial charge in [-0.05, 0) is 74.6 Å². The van der Waals surface area contributed by atoms with Gasteiger partial charge in [-0.25, -0.2) is 4.79 Å². The number of methoxy groups -OCH3 is 1. The molecule has 2 rings (SSSR count). The molecule has 0 aliphatic heterocycles. The van der Waals surface area contributed by atoms with E-state index in [4.69, 9.17) is 9.47 Å². The Balaban J connectivity index is 2.55. The van der Waals surface area contributed by atoms with E-state index in [-0.39, 0.29) is 17.7 Å². The summed E-state index contributed by atoms with van der Waals surface area (Å²) in [6.45, 7) is 15.4. The molecule has 0 aliphatic rings. The number of nitrogens with one attached hydrogen (secondary N) is 2. The number of hydrogen-bond donors (Lipinski definition) is 2. The summed E-state index contributed by atoms with van der Waals surface area (Å²) in [5, 5.41) is 5.75. The van der Waals surface area contributed by atoms with Gasteiger partial charge in [0.1, 0.15) is 23.4 Å². The molecule has 0 fully saturated rings. The molecule has 2 unspecified atom stereocenters. The van der Waals surface area contributed by atoms with Crippen molar-refractivity contribution in [3.63, 3.8) is 0 Å². The van der Waals surface area contributed by atoms with Crippen molar-refractivity contribution in [1.29, 1.82) is 0 Å². The SMILES string of the molecule is C=Cc1cccc(C(C(=O)Nc2ccc(OC)cc2)N(CCCCCC)C(=O)C(NC(=O)OC(C)(C)C)C(C)C)c1. The van der Waals surface area contributed by atoms with Gasteiger partial charge in [0.25, 0.3) is 5.91 Å². The van der Waals surface area contributed by atoms with E-state index in [2.05, 4.69) is 24.1 Å². The summed E-state index contributed by atoms with van der Waals surface area (Å²) < 4.78 is 10.7. The highest BCUT2D eigenvalue weighted by Crippen LogP contribution is 2.28. The molecule has 8 heteroatoms. The normalized spacial score (nSPS) is 12.7. The zero-order valence-corrected chi connectivity index (χ0v) is 25.7. The molecule has 41 heavy (non-hydrogen) atoms. The van der Waals surface area contributed by atoms with Crippen LogP contribution in [-0.2, 0) is 14.3 Å². The van der Waals surface area contributed by atoms with E-state index in [9.17, 15) is 14.4 Å². The van der Waals surface area contributed by atoms with Crippen molar-refractivity contribution in [2.24, 2.45) is 5.92 Å². The Hall–Kier alpha value is -3.81. The Labute approximate surface area is 245 Å². The van der Waals surface area contributed by atoms with Crippen LogP contribution in [0.1, 0.15) is 84.4 Å². The summed E-state index contributed by atoms with van der Waals surface area (Å²) in [5.41, 5.74) is 1.33. The number of alkyl carbamates (subject to hydrolysis) is 1. The number of anilines is 1. The molecule has 2 aromatic rings. The number of carbonyl (C=O) groups is 3. The minimum absolute atomic E-state index is 0.252. The van der Waals surface area contributed by atoms with Crippen molar-refractivity contribution in [2.75, 3.05) is 19.0 Å². The van der Waals surface area contributed by atoms with Crippen LogP contribution in [0.4, 0.5) is 10.5 Å². The summed E-state index contributed by atoms with van der Waals surface area (Å²) in [4.78, 5) is 42.7. The van der Waals surface area contributed by atoms with E-state index in [1.165, 1.54) is 0 Å². The van der Waals surface area contributed by atoms with E-state index in [0.717, 1.165) is 24.8 Å². The number of unbranched alkanes of at least 4 members (excludes halogenated alkanes) is 3. The molecule has 3 amide bonds. The van der Waals surface area contributed by atoms with E-state index in [1.54, 1.807) is 63.1 Å². The van der Waals surface area contributed by atoms with Gasteiger partial charge in [0, 0.05) is 12.2 Å². The average Bonchev–Trinajstić information content (AvgIpc) is 2.92. The molecule has 0 spiro atoms. The maximum atomic E-state index is 14.3. The average molecular weight is 566 g/mol. The lowest BCUT2D eigenvalue weighted by Gasteiger charge is -2.35. The molecule has 8 nitrogen and oxygen atoms in total. The minimum Gasteiger partial charge on any atom is -0.497 e. The molecule has 0 aliphatic carbocycles. The second kappa shape index (κ2) is 15.8. The fourth-order valence-electron chi connectivity index (χ4n) is 4.42. The third-order valence-corrected chi connectivity index (χ3v) is 6.52. The maximum Gasteiger partial charge on any atom is 0.408 e. The quantitative estimate of drug-likeness (QED) is 0.241. The second-order valence-corrected chi connectivity index (χ2v) is 11.5. The monoisotopic (exact) mass is 565 g/mol. The van der Waals surface area contributed by atoms with Crippen molar-refractivity contribution in [1.82, 2.24) is 10.2 Å². The minimum atomic E-state index is -0.951. The Kier molecular flexibility index (Phi) is 12.9. The summed E-state index contributed by atoms with van der Waals surface area (Å²) in [7, 11) is 1.58. The van der Waals surface area contributed by atoms with Gasteiger partial charge in [-0.2, -0.15) is 0 Å². The summed E-state index contributed by atoms with van der Waals surface area (Å²) in [5.74, 6) is -0.293. The molecular weight excluding hydrogens is 518 g/mol.